The number of hydrogen-bond acceptors (Lipinski definition) is 6. The molecule has 3 aliphatic rings. The van der Waals surface area contributed by atoms with Crippen LogP contribution in [-0.2, 0) is 9.53 Å². The smallest absolute Gasteiger partial charge is 0.319 e. The molecule has 4 rings (SSSR count). The maximum Gasteiger partial charge on any atom is 0.319 e. The van der Waals surface area contributed by atoms with Crippen molar-refractivity contribution in [2.75, 3.05) is 45.2 Å². The van der Waals surface area contributed by atoms with Gasteiger partial charge in [0.05, 0.1) is 18.2 Å². The van der Waals surface area contributed by atoms with Gasteiger partial charge >= 0.3 is 12.0 Å². The number of amides is 3. The van der Waals surface area contributed by atoms with Crippen LogP contribution in [0.3, 0.4) is 0 Å². The van der Waals surface area contributed by atoms with E-state index in [1.807, 2.05) is 25.7 Å². The third-order valence-corrected chi connectivity index (χ3v) is 7.49. The molecule has 35 heavy (non-hydrogen) atoms. The Hall–Kier alpha value is -2.81. The van der Waals surface area contributed by atoms with E-state index in [4.69, 9.17) is 9.47 Å². The number of methoxy groups -OCH3 is 1. The molecule has 9 heteroatoms. The fourth-order valence-electron chi connectivity index (χ4n) is 6.02. The number of urea groups is 1. The van der Waals surface area contributed by atoms with Crippen LogP contribution < -0.4 is 15.4 Å². The minimum absolute atomic E-state index is 0.0527. The van der Waals surface area contributed by atoms with Crippen LogP contribution in [0.15, 0.2) is 18.2 Å². The second-order valence-electron chi connectivity index (χ2n) is 10.6. The number of cyclic esters (lactones) is 1. The van der Waals surface area contributed by atoms with Gasteiger partial charge in [0.2, 0.25) is 0 Å². The van der Waals surface area contributed by atoms with E-state index < -0.39 is 11.0 Å². The normalized spacial score (nSPS) is 24.8. The Bertz CT molecular complexity index is 972. The second kappa shape index (κ2) is 10.0. The van der Waals surface area contributed by atoms with Crippen LogP contribution in [0, 0.1) is 5.41 Å². The predicted molar refractivity (Wildman–Crippen MR) is 133 cm³/mol. The van der Waals surface area contributed by atoms with E-state index in [0.717, 1.165) is 45.2 Å². The van der Waals surface area contributed by atoms with Crippen LogP contribution in [0.5, 0.6) is 5.75 Å². The Kier molecular flexibility index (Phi) is 7.26. The van der Waals surface area contributed by atoms with Crippen molar-refractivity contribution in [2.24, 2.45) is 5.41 Å². The fourth-order valence-corrected chi connectivity index (χ4v) is 6.02. The van der Waals surface area contributed by atoms with E-state index in [9.17, 15) is 14.4 Å². The van der Waals surface area contributed by atoms with Crippen LogP contribution >= 0.6 is 0 Å². The molecular weight excluding hydrogens is 448 g/mol. The lowest BCUT2D eigenvalue weighted by Crippen LogP contribution is -2.53. The molecule has 0 aromatic heterocycles. The minimum atomic E-state index is -0.398. The molecule has 3 aliphatic heterocycles. The first-order valence-corrected chi connectivity index (χ1v) is 12.7. The Morgan fingerprint density at radius 1 is 1.20 bits per heavy atom. The van der Waals surface area contributed by atoms with Gasteiger partial charge in [-0.2, -0.15) is 0 Å². The predicted octanol–water partition coefficient (Wildman–Crippen LogP) is 3.25. The Morgan fingerprint density at radius 2 is 1.94 bits per heavy atom. The number of carbonyl (C=O) groups excluding carboxylic acids is 3. The number of esters is 1. The van der Waals surface area contributed by atoms with Crippen molar-refractivity contribution < 1.29 is 23.9 Å². The number of rotatable bonds is 5. The highest BCUT2D eigenvalue weighted by Gasteiger charge is 2.54. The first-order chi connectivity index (χ1) is 16.7. The second-order valence-corrected chi connectivity index (χ2v) is 10.6. The monoisotopic (exact) mass is 486 g/mol. The zero-order valence-corrected chi connectivity index (χ0v) is 21.3. The Morgan fingerprint density at radius 3 is 2.57 bits per heavy atom. The number of nitrogens with zero attached hydrogens (tertiary/aromatic N) is 2. The number of carbonyl (C=O) groups is 3. The van der Waals surface area contributed by atoms with Crippen molar-refractivity contribution in [1.29, 1.82) is 0 Å². The summed E-state index contributed by atoms with van der Waals surface area (Å²) in [5, 5.41) is 5.47. The van der Waals surface area contributed by atoms with Gasteiger partial charge in [0.25, 0.3) is 5.91 Å². The Labute approximate surface area is 207 Å². The van der Waals surface area contributed by atoms with Crippen LogP contribution in [0.25, 0.3) is 0 Å². The van der Waals surface area contributed by atoms with Crippen molar-refractivity contribution in [3.05, 3.63) is 23.8 Å². The molecule has 0 radical (unpaired) electrons. The van der Waals surface area contributed by atoms with Crippen molar-refractivity contribution in [3.8, 4) is 5.75 Å². The van der Waals surface area contributed by atoms with Gasteiger partial charge in [0.1, 0.15) is 16.9 Å². The van der Waals surface area contributed by atoms with Gasteiger partial charge in [-0.1, -0.05) is 6.07 Å². The molecule has 1 aromatic rings. The lowest BCUT2D eigenvalue weighted by atomic mass is 9.74. The first-order valence-electron chi connectivity index (χ1n) is 12.7. The number of benzene rings is 1. The number of piperidine rings is 2. The summed E-state index contributed by atoms with van der Waals surface area (Å²) < 4.78 is 11.2. The average molecular weight is 487 g/mol. The fraction of sp³-hybridized carbons (Fsp3) is 0.654. The third-order valence-electron chi connectivity index (χ3n) is 7.49. The standard InChI is InChI=1S/C26H38N4O5/c1-5-27-24(33)28-19-8-6-9-20(34-4)21(19)22(31)29-14-10-18(11-15-29)30-13-7-12-26(17-30)16-25(2,3)35-23(26)32/h6,8-9,18H,5,7,10-17H2,1-4H3,(H2,27,28,33). The Balaban J connectivity index is 1.42. The number of nitrogens with one attached hydrogen (secondary N) is 2. The number of ether oxygens (including phenoxy) is 2. The molecule has 0 aliphatic carbocycles. The van der Waals surface area contributed by atoms with E-state index in [1.54, 1.807) is 18.2 Å². The highest BCUT2D eigenvalue weighted by molar-refractivity contribution is 6.05. The van der Waals surface area contributed by atoms with E-state index in [-0.39, 0.29) is 17.9 Å². The number of anilines is 1. The molecule has 1 spiro atoms. The number of hydrogen-bond donors (Lipinski definition) is 2. The molecule has 3 fully saturated rings. The summed E-state index contributed by atoms with van der Waals surface area (Å²) in [6, 6.07) is 5.18. The minimum Gasteiger partial charge on any atom is -0.496 e. The quantitative estimate of drug-likeness (QED) is 0.620. The largest absolute Gasteiger partial charge is 0.496 e. The van der Waals surface area contributed by atoms with Crippen molar-refractivity contribution in [2.45, 2.75) is 64.5 Å². The maximum absolute atomic E-state index is 13.5. The summed E-state index contributed by atoms with van der Waals surface area (Å²) in [5.74, 6) is 0.235. The van der Waals surface area contributed by atoms with Gasteiger partial charge in [0, 0.05) is 38.6 Å². The molecule has 0 saturated carbocycles. The lowest BCUT2D eigenvalue weighted by molar-refractivity contribution is -0.154. The topological polar surface area (TPSA) is 100 Å². The molecule has 0 bridgehead atoms. The van der Waals surface area contributed by atoms with Crippen molar-refractivity contribution in [1.82, 2.24) is 15.1 Å². The highest BCUT2D eigenvalue weighted by Crippen LogP contribution is 2.46. The lowest BCUT2D eigenvalue weighted by Gasteiger charge is -2.45. The summed E-state index contributed by atoms with van der Waals surface area (Å²) >= 11 is 0. The van der Waals surface area contributed by atoms with E-state index in [0.29, 0.717) is 42.7 Å². The maximum atomic E-state index is 13.5. The zero-order valence-electron chi connectivity index (χ0n) is 21.3. The van der Waals surface area contributed by atoms with Crippen LogP contribution in [-0.4, -0.2) is 79.2 Å². The first kappa shape index (κ1) is 25.3. The summed E-state index contributed by atoms with van der Waals surface area (Å²) in [4.78, 5) is 42.7. The van der Waals surface area contributed by atoms with Crippen LogP contribution in [0.4, 0.5) is 10.5 Å². The van der Waals surface area contributed by atoms with Gasteiger partial charge in [0.15, 0.2) is 0 Å². The molecule has 1 atom stereocenters. The molecule has 1 aromatic carbocycles. The average Bonchev–Trinajstić information content (AvgIpc) is 3.05. The summed E-state index contributed by atoms with van der Waals surface area (Å²) in [5.41, 5.74) is 0.00572. The van der Waals surface area contributed by atoms with Crippen LogP contribution in [0.2, 0.25) is 0 Å². The third kappa shape index (κ3) is 5.24. The summed E-state index contributed by atoms with van der Waals surface area (Å²) in [6.45, 7) is 9.25. The van der Waals surface area contributed by atoms with Gasteiger partial charge < -0.3 is 25.0 Å². The van der Waals surface area contributed by atoms with Crippen LogP contribution in [0.1, 0.15) is 63.2 Å². The van der Waals surface area contributed by atoms with Gasteiger partial charge in [-0.15, -0.1) is 0 Å². The zero-order chi connectivity index (χ0) is 25.2. The molecule has 9 nitrogen and oxygen atoms in total. The molecule has 3 amide bonds. The summed E-state index contributed by atoms with van der Waals surface area (Å²) in [6.07, 6.45) is 4.32. The van der Waals surface area contributed by atoms with Gasteiger partial charge in [-0.25, -0.2) is 4.79 Å². The molecule has 2 N–H and O–H groups in total. The highest BCUT2D eigenvalue weighted by atomic mass is 16.6. The van der Waals surface area contributed by atoms with Crippen molar-refractivity contribution >= 4 is 23.6 Å². The molecule has 192 valence electrons. The molecule has 3 heterocycles. The number of likely N-dealkylation sites (tertiary alicyclic amines) is 2. The molecule has 1 unspecified atom stereocenters. The molecular formula is C26H38N4O5. The van der Waals surface area contributed by atoms with E-state index in [2.05, 4.69) is 15.5 Å². The van der Waals surface area contributed by atoms with Crippen molar-refractivity contribution in [3.63, 3.8) is 0 Å². The summed E-state index contributed by atoms with van der Waals surface area (Å²) in [7, 11) is 1.52. The van der Waals surface area contributed by atoms with Gasteiger partial charge in [-0.05, 0) is 65.1 Å². The molecule has 3 saturated heterocycles. The SMILES string of the molecule is CCNC(=O)Nc1cccc(OC)c1C(=O)N1CCC(N2CCCC3(C2)CC(C)(C)OC3=O)CC1. The van der Waals surface area contributed by atoms with E-state index in [1.165, 1.54) is 7.11 Å². The van der Waals surface area contributed by atoms with E-state index >= 15 is 0 Å². The van der Waals surface area contributed by atoms with Gasteiger partial charge in [-0.3, -0.25) is 14.5 Å².